The standard InChI is InChI=1S/C17H19ClN2O4S/c1-24-16-9-7-15(8-10-16)19-17(21)12-20(25(2,22)23)11-13-3-5-14(18)6-4-13/h3-10H,11-12H2,1-2H3,(H,19,21). The van der Waals surface area contributed by atoms with Crippen LogP contribution in [0.25, 0.3) is 0 Å². The molecule has 2 aromatic carbocycles. The summed E-state index contributed by atoms with van der Waals surface area (Å²) in [5, 5.41) is 3.23. The normalized spacial score (nSPS) is 11.4. The molecule has 6 nitrogen and oxygen atoms in total. The Balaban J connectivity index is 2.05. The van der Waals surface area contributed by atoms with Gasteiger partial charge in [0.25, 0.3) is 0 Å². The van der Waals surface area contributed by atoms with Gasteiger partial charge in [-0.15, -0.1) is 0 Å². The first-order chi connectivity index (χ1) is 11.8. The Kier molecular flexibility index (Phi) is 6.41. The van der Waals surface area contributed by atoms with Gasteiger partial charge in [-0.05, 0) is 42.0 Å². The number of nitrogens with one attached hydrogen (secondary N) is 1. The van der Waals surface area contributed by atoms with Crippen LogP contribution in [-0.4, -0.2) is 38.5 Å². The van der Waals surface area contributed by atoms with Gasteiger partial charge < -0.3 is 10.1 Å². The maximum Gasteiger partial charge on any atom is 0.239 e. The molecule has 1 N–H and O–H groups in total. The number of carbonyl (C=O) groups is 1. The second kappa shape index (κ2) is 8.33. The van der Waals surface area contributed by atoms with E-state index in [1.54, 1.807) is 55.6 Å². The highest BCUT2D eigenvalue weighted by molar-refractivity contribution is 7.88. The summed E-state index contributed by atoms with van der Waals surface area (Å²) in [5.41, 5.74) is 1.30. The summed E-state index contributed by atoms with van der Waals surface area (Å²) in [4.78, 5) is 12.2. The molecule has 0 saturated carbocycles. The molecule has 2 rings (SSSR count). The number of halogens is 1. The molecule has 0 saturated heterocycles. The highest BCUT2D eigenvalue weighted by Crippen LogP contribution is 2.16. The van der Waals surface area contributed by atoms with Gasteiger partial charge in [0, 0.05) is 17.3 Å². The molecule has 0 spiro atoms. The zero-order valence-electron chi connectivity index (χ0n) is 13.9. The number of amides is 1. The first kappa shape index (κ1) is 19.2. The lowest BCUT2D eigenvalue weighted by Crippen LogP contribution is -2.36. The van der Waals surface area contributed by atoms with Crippen LogP contribution >= 0.6 is 11.6 Å². The van der Waals surface area contributed by atoms with Gasteiger partial charge in [-0.2, -0.15) is 4.31 Å². The van der Waals surface area contributed by atoms with Crippen LogP contribution in [0.2, 0.25) is 5.02 Å². The molecular formula is C17H19ClN2O4S. The van der Waals surface area contributed by atoms with Crippen molar-refractivity contribution in [2.75, 3.05) is 25.2 Å². The zero-order chi connectivity index (χ0) is 18.4. The summed E-state index contributed by atoms with van der Waals surface area (Å²) in [6.07, 6.45) is 1.07. The van der Waals surface area contributed by atoms with Crippen molar-refractivity contribution in [3.05, 3.63) is 59.1 Å². The minimum absolute atomic E-state index is 0.0893. The Bertz CT molecular complexity index is 821. The number of nitrogens with zero attached hydrogens (tertiary/aromatic N) is 1. The largest absolute Gasteiger partial charge is 0.497 e. The molecule has 0 atom stereocenters. The van der Waals surface area contributed by atoms with Gasteiger partial charge in [0.1, 0.15) is 5.75 Å². The van der Waals surface area contributed by atoms with Crippen LogP contribution in [-0.2, 0) is 21.4 Å². The highest BCUT2D eigenvalue weighted by Gasteiger charge is 2.20. The Morgan fingerprint density at radius 2 is 1.72 bits per heavy atom. The summed E-state index contributed by atoms with van der Waals surface area (Å²) in [6.45, 7) is -0.195. The molecule has 0 fully saturated rings. The molecule has 25 heavy (non-hydrogen) atoms. The number of methoxy groups -OCH3 is 1. The van der Waals surface area contributed by atoms with Crippen molar-refractivity contribution in [1.82, 2.24) is 4.31 Å². The van der Waals surface area contributed by atoms with Crippen LogP contribution in [0.3, 0.4) is 0 Å². The summed E-state index contributed by atoms with van der Waals surface area (Å²) >= 11 is 5.83. The number of hydrogen-bond donors (Lipinski definition) is 1. The lowest BCUT2D eigenvalue weighted by molar-refractivity contribution is -0.116. The van der Waals surface area contributed by atoms with E-state index in [4.69, 9.17) is 16.3 Å². The van der Waals surface area contributed by atoms with Gasteiger partial charge >= 0.3 is 0 Å². The number of ether oxygens (including phenoxy) is 1. The van der Waals surface area contributed by atoms with Crippen LogP contribution in [0.5, 0.6) is 5.75 Å². The molecule has 0 bridgehead atoms. The van der Waals surface area contributed by atoms with E-state index >= 15 is 0 Å². The Hall–Kier alpha value is -2.09. The predicted octanol–water partition coefficient (Wildman–Crippen LogP) is 2.75. The molecule has 0 aliphatic carbocycles. The van der Waals surface area contributed by atoms with Crippen molar-refractivity contribution in [3.63, 3.8) is 0 Å². The Morgan fingerprint density at radius 3 is 2.24 bits per heavy atom. The second-order valence-corrected chi connectivity index (χ2v) is 7.85. The maximum absolute atomic E-state index is 12.2. The van der Waals surface area contributed by atoms with Crippen molar-refractivity contribution < 1.29 is 17.9 Å². The third kappa shape index (κ3) is 6.04. The zero-order valence-corrected chi connectivity index (χ0v) is 15.5. The average molecular weight is 383 g/mol. The van der Waals surface area contributed by atoms with Crippen LogP contribution in [0.4, 0.5) is 5.69 Å². The first-order valence-electron chi connectivity index (χ1n) is 7.41. The van der Waals surface area contributed by atoms with E-state index in [1.165, 1.54) is 0 Å². The fourth-order valence-corrected chi connectivity index (χ4v) is 2.98. The van der Waals surface area contributed by atoms with Crippen LogP contribution in [0, 0.1) is 0 Å². The predicted molar refractivity (Wildman–Crippen MR) is 98.3 cm³/mol. The van der Waals surface area contributed by atoms with E-state index in [1.807, 2.05) is 0 Å². The van der Waals surface area contributed by atoms with Gasteiger partial charge in [-0.25, -0.2) is 8.42 Å². The molecule has 134 valence electrons. The first-order valence-corrected chi connectivity index (χ1v) is 9.64. The van der Waals surface area contributed by atoms with E-state index in [9.17, 15) is 13.2 Å². The minimum Gasteiger partial charge on any atom is -0.497 e. The number of anilines is 1. The molecule has 0 aromatic heterocycles. The van der Waals surface area contributed by atoms with Crippen LogP contribution in [0.15, 0.2) is 48.5 Å². The maximum atomic E-state index is 12.2. The van der Waals surface area contributed by atoms with Crippen LogP contribution < -0.4 is 10.1 Å². The molecule has 0 radical (unpaired) electrons. The van der Waals surface area contributed by atoms with Gasteiger partial charge in [-0.3, -0.25) is 4.79 Å². The molecule has 0 aliphatic heterocycles. The second-order valence-electron chi connectivity index (χ2n) is 5.43. The molecule has 8 heteroatoms. The van der Waals surface area contributed by atoms with Gasteiger partial charge in [-0.1, -0.05) is 23.7 Å². The van der Waals surface area contributed by atoms with Gasteiger partial charge in [0.15, 0.2) is 0 Å². The van der Waals surface area contributed by atoms with Crippen molar-refractivity contribution in [3.8, 4) is 5.75 Å². The molecular weight excluding hydrogens is 364 g/mol. The third-order valence-electron chi connectivity index (χ3n) is 3.43. The molecule has 0 unspecified atom stereocenters. The summed E-state index contributed by atoms with van der Waals surface area (Å²) < 4.78 is 30.1. The molecule has 2 aromatic rings. The van der Waals surface area contributed by atoms with Gasteiger partial charge in [0.2, 0.25) is 15.9 Å². The Morgan fingerprint density at radius 1 is 1.12 bits per heavy atom. The lowest BCUT2D eigenvalue weighted by atomic mass is 10.2. The number of carbonyl (C=O) groups excluding carboxylic acids is 1. The summed E-state index contributed by atoms with van der Waals surface area (Å²) in [7, 11) is -2.00. The van der Waals surface area contributed by atoms with Crippen LogP contribution in [0.1, 0.15) is 5.56 Å². The van der Waals surface area contributed by atoms with Gasteiger partial charge in [0.05, 0.1) is 19.9 Å². The molecule has 1 amide bonds. The van der Waals surface area contributed by atoms with Crippen molar-refractivity contribution in [2.24, 2.45) is 0 Å². The van der Waals surface area contributed by atoms with E-state index in [0.717, 1.165) is 16.1 Å². The minimum atomic E-state index is -3.55. The van der Waals surface area contributed by atoms with Crippen molar-refractivity contribution in [1.29, 1.82) is 0 Å². The number of sulfonamides is 1. The van der Waals surface area contributed by atoms with E-state index in [-0.39, 0.29) is 13.1 Å². The fraction of sp³-hybridized carbons (Fsp3) is 0.235. The fourth-order valence-electron chi connectivity index (χ4n) is 2.12. The number of rotatable bonds is 7. The van der Waals surface area contributed by atoms with Crippen molar-refractivity contribution >= 4 is 33.2 Å². The van der Waals surface area contributed by atoms with E-state index in [0.29, 0.717) is 16.5 Å². The quantitative estimate of drug-likeness (QED) is 0.798. The topological polar surface area (TPSA) is 75.7 Å². The van der Waals surface area contributed by atoms with E-state index < -0.39 is 15.9 Å². The molecule has 0 aliphatic rings. The highest BCUT2D eigenvalue weighted by atomic mass is 35.5. The summed E-state index contributed by atoms with van der Waals surface area (Å²) in [5.74, 6) is 0.239. The van der Waals surface area contributed by atoms with Crippen molar-refractivity contribution in [2.45, 2.75) is 6.54 Å². The lowest BCUT2D eigenvalue weighted by Gasteiger charge is -2.19. The average Bonchev–Trinajstić information content (AvgIpc) is 2.56. The number of hydrogen-bond acceptors (Lipinski definition) is 4. The molecule has 0 heterocycles. The summed E-state index contributed by atoms with van der Waals surface area (Å²) in [6, 6.07) is 13.6. The third-order valence-corrected chi connectivity index (χ3v) is 4.88. The Labute approximate surface area is 152 Å². The van der Waals surface area contributed by atoms with E-state index in [2.05, 4.69) is 5.32 Å². The SMILES string of the molecule is COc1ccc(NC(=O)CN(Cc2ccc(Cl)cc2)S(C)(=O)=O)cc1. The number of benzene rings is 2. The monoisotopic (exact) mass is 382 g/mol. The smallest absolute Gasteiger partial charge is 0.239 e.